The standard InChI is InChI=1S/C26H31F3N2O3/c1-16-7-6-8-19(13-16)17(2)30-23(32)22-15-31(24(33)34-25(3,4)5)14-21(22)18-9-11-20(12-10-18)26(27,28)29/h6-13,17,21-22H,14-15H2,1-5H3,(H,30,32)/t17-,21-,22+/m0/s1. The van der Waals surface area contributed by atoms with Gasteiger partial charge in [-0.1, -0.05) is 42.0 Å². The molecular weight excluding hydrogens is 445 g/mol. The molecule has 1 aliphatic heterocycles. The third-order valence-electron chi connectivity index (χ3n) is 5.88. The van der Waals surface area contributed by atoms with Gasteiger partial charge >= 0.3 is 12.3 Å². The van der Waals surface area contributed by atoms with Crippen LogP contribution < -0.4 is 5.32 Å². The Kier molecular flexibility index (Phi) is 7.29. The summed E-state index contributed by atoms with van der Waals surface area (Å²) in [6.07, 6.45) is -5.00. The van der Waals surface area contributed by atoms with E-state index in [1.165, 1.54) is 17.0 Å². The second kappa shape index (κ2) is 9.68. The molecule has 2 amide bonds. The molecule has 1 aliphatic rings. The molecule has 1 N–H and O–H groups in total. The minimum atomic E-state index is -4.45. The Morgan fingerprint density at radius 2 is 1.71 bits per heavy atom. The van der Waals surface area contributed by atoms with Crippen LogP contribution in [0.25, 0.3) is 0 Å². The Balaban J connectivity index is 1.84. The van der Waals surface area contributed by atoms with Gasteiger partial charge < -0.3 is 15.0 Å². The van der Waals surface area contributed by atoms with E-state index in [4.69, 9.17) is 4.74 Å². The van der Waals surface area contributed by atoms with Gasteiger partial charge in [0.1, 0.15) is 5.60 Å². The molecule has 5 nitrogen and oxygen atoms in total. The Morgan fingerprint density at radius 3 is 2.26 bits per heavy atom. The van der Waals surface area contributed by atoms with E-state index in [9.17, 15) is 22.8 Å². The normalized spacial score (nSPS) is 19.6. The van der Waals surface area contributed by atoms with E-state index in [1.807, 2.05) is 38.1 Å². The van der Waals surface area contributed by atoms with Gasteiger partial charge in [0.05, 0.1) is 17.5 Å². The number of carbonyl (C=O) groups excluding carboxylic acids is 2. The van der Waals surface area contributed by atoms with Crippen LogP contribution >= 0.6 is 0 Å². The molecular formula is C26H31F3N2O3. The summed E-state index contributed by atoms with van der Waals surface area (Å²) in [6, 6.07) is 12.3. The van der Waals surface area contributed by atoms with Crippen molar-refractivity contribution in [1.29, 1.82) is 0 Å². The molecule has 1 fully saturated rings. The van der Waals surface area contributed by atoms with Crippen molar-refractivity contribution in [2.75, 3.05) is 13.1 Å². The Bertz CT molecular complexity index is 1030. The third kappa shape index (κ3) is 6.30. The fraction of sp³-hybridized carbons (Fsp3) is 0.462. The van der Waals surface area contributed by atoms with Crippen LogP contribution in [-0.4, -0.2) is 35.6 Å². The lowest BCUT2D eigenvalue weighted by atomic mass is 9.87. The summed E-state index contributed by atoms with van der Waals surface area (Å²) in [7, 11) is 0. The molecule has 1 heterocycles. The molecule has 0 saturated carbocycles. The smallest absolute Gasteiger partial charge is 0.416 e. The van der Waals surface area contributed by atoms with Gasteiger partial charge in [-0.25, -0.2) is 4.79 Å². The Hall–Kier alpha value is -3.03. The van der Waals surface area contributed by atoms with Crippen molar-refractivity contribution in [3.8, 4) is 0 Å². The van der Waals surface area contributed by atoms with Crippen LogP contribution in [0.3, 0.4) is 0 Å². The second-order valence-corrected chi connectivity index (χ2v) is 9.86. The fourth-order valence-corrected chi connectivity index (χ4v) is 4.15. The summed E-state index contributed by atoms with van der Waals surface area (Å²) in [5.74, 6) is -1.35. The van der Waals surface area contributed by atoms with Crippen LogP contribution in [0.4, 0.5) is 18.0 Å². The number of nitrogens with zero attached hydrogens (tertiary/aromatic N) is 1. The van der Waals surface area contributed by atoms with Crippen LogP contribution in [-0.2, 0) is 15.7 Å². The number of rotatable bonds is 4. The van der Waals surface area contributed by atoms with E-state index < -0.39 is 35.3 Å². The molecule has 8 heteroatoms. The highest BCUT2D eigenvalue weighted by atomic mass is 19.4. The zero-order valence-electron chi connectivity index (χ0n) is 20.1. The topological polar surface area (TPSA) is 58.6 Å². The highest BCUT2D eigenvalue weighted by molar-refractivity contribution is 5.82. The summed E-state index contributed by atoms with van der Waals surface area (Å²) in [5.41, 5.74) is 1.12. The molecule has 0 aliphatic carbocycles. The van der Waals surface area contributed by atoms with Crippen molar-refractivity contribution < 1.29 is 27.5 Å². The Morgan fingerprint density at radius 1 is 1.06 bits per heavy atom. The maximum absolute atomic E-state index is 13.3. The number of hydrogen-bond acceptors (Lipinski definition) is 3. The van der Waals surface area contributed by atoms with E-state index in [-0.39, 0.29) is 25.0 Å². The average Bonchev–Trinajstić information content (AvgIpc) is 3.18. The molecule has 34 heavy (non-hydrogen) atoms. The third-order valence-corrected chi connectivity index (χ3v) is 5.88. The number of aryl methyl sites for hydroxylation is 1. The van der Waals surface area contributed by atoms with E-state index in [1.54, 1.807) is 20.8 Å². The first-order valence-electron chi connectivity index (χ1n) is 11.3. The van der Waals surface area contributed by atoms with Gasteiger partial charge in [0.15, 0.2) is 0 Å². The van der Waals surface area contributed by atoms with Crippen LogP contribution in [0, 0.1) is 12.8 Å². The van der Waals surface area contributed by atoms with Gasteiger partial charge in [-0.05, 0) is 57.9 Å². The first-order chi connectivity index (χ1) is 15.7. The van der Waals surface area contributed by atoms with Gasteiger partial charge in [-0.3, -0.25) is 4.79 Å². The van der Waals surface area contributed by atoms with Crippen molar-refractivity contribution in [3.63, 3.8) is 0 Å². The minimum Gasteiger partial charge on any atom is -0.444 e. The van der Waals surface area contributed by atoms with Crippen LogP contribution in [0.5, 0.6) is 0 Å². The Labute approximate surface area is 198 Å². The zero-order valence-corrected chi connectivity index (χ0v) is 20.1. The highest BCUT2D eigenvalue weighted by Crippen LogP contribution is 2.36. The number of likely N-dealkylation sites (tertiary alicyclic amines) is 1. The first kappa shape index (κ1) is 25.6. The molecule has 0 aromatic heterocycles. The quantitative estimate of drug-likeness (QED) is 0.603. The molecule has 0 unspecified atom stereocenters. The van der Waals surface area contributed by atoms with Crippen LogP contribution in [0.2, 0.25) is 0 Å². The van der Waals surface area contributed by atoms with Gasteiger partial charge in [-0.2, -0.15) is 13.2 Å². The molecule has 184 valence electrons. The summed E-state index contributed by atoms with van der Waals surface area (Å²) >= 11 is 0. The monoisotopic (exact) mass is 476 g/mol. The summed E-state index contributed by atoms with van der Waals surface area (Å²) in [4.78, 5) is 27.5. The van der Waals surface area contributed by atoms with Crippen molar-refractivity contribution in [2.45, 2.75) is 58.4 Å². The van der Waals surface area contributed by atoms with Gasteiger partial charge in [-0.15, -0.1) is 0 Å². The molecule has 3 atom stereocenters. The van der Waals surface area contributed by atoms with Crippen molar-refractivity contribution in [1.82, 2.24) is 10.2 Å². The molecule has 2 aromatic carbocycles. The predicted molar refractivity (Wildman–Crippen MR) is 123 cm³/mol. The lowest BCUT2D eigenvalue weighted by Gasteiger charge is -2.24. The predicted octanol–water partition coefficient (Wildman–Crippen LogP) is 5.84. The maximum atomic E-state index is 13.3. The van der Waals surface area contributed by atoms with Gasteiger partial charge in [0.2, 0.25) is 5.91 Å². The largest absolute Gasteiger partial charge is 0.444 e. The van der Waals surface area contributed by atoms with Gasteiger partial charge in [0, 0.05) is 19.0 Å². The first-order valence-corrected chi connectivity index (χ1v) is 11.3. The highest BCUT2D eigenvalue weighted by Gasteiger charge is 2.42. The lowest BCUT2D eigenvalue weighted by molar-refractivity contribution is -0.137. The number of nitrogens with one attached hydrogen (secondary N) is 1. The van der Waals surface area contributed by atoms with Crippen LogP contribution in [0.1, 0.15) is 61.9 Å². The van der Waals surface area contributed by atoms with Crippen molar-refractivity contribution in [2.24, 2.45) is 5.92 Å². The van der Waals surface area contributed by atoms with E-state index in [0.29, 0.717) is 5.56 Å². The number of hydrogen-bond donors (Lipinski definition) is 1. The number of carbonyl (C=O) groups is 2. The second-order valence-electron chi connectivity index (χ2n) is 9.86. The summed E-state index contributed by atoms with van der Waals surface area (Å²) in [5, 5.41) is 3.01. The number of ether oxygens (including phenoxy) is 1. The van der Waals surface area contributed by atoms with Crippen LogP contribution in [0.15, 0.2) is 48.5 Å². The van der Waals surface area contributed by atoms with E-state index >= 15 is 0 Å². The summed E-state index contributed by atoms with van der Waals surface area (Å²) in [6.45, 7) is 9.39. The van der Waals surface area contributed by atoms with E-state index in [2.05, 4.69) is 5.32 Å². The fourth-order valence-electron chi connectivity index (χ4n) is 4.15. The maximum Gasteiger partial charge on any atom is 0.416 e. The zero-order chi connectivity index (χ0) is 25.3. The SMILES string of the molecule is Cc1cccc([C@H](C)NC(=O)[C@@H]2CN(C(=O)OC(C)(C)C)C[C@H]2c2ccc(C(F)(F)F)cc2)c1. The minimum absolute atomic E-state index is 0.118. The molecule has 0 radical (unpaired) electrons. The molecule has 1 saturated heterocycles. The van der Waals surface area contributed by atoms with E-state index in [0.717, 1.165) is 23.3 Å². The number of amides is 2. The van der Waals surface area contributed by atoms with Crippen molar-refractivity contribution in [3.05, 3.63) is 70.8 Å². The number of alkyl halides is 3. The molecule has 0 spiro atoms. The lowest BCUT2D eigenvalue weighted by Crippen LogP contribution is -2.38. The average molecular weight is 477 g/mol. The molecule has 0 bridgehead atoms. The number of halogens is 3. The van der Waals surface area contributed by atoms with Gasteiger partial charge in [0.25, 0.3) is 0 Å². The molecule has 3 rings (SSSR count). The number of benzene rings is 2. The molecule has 2 aromatic rings. The van der Waals surface area contributed by atoms with Crippen molar-refractivity contribution >= 4 is 12.0 Å². The summed E-state index contributed by atoms with van der Waals surface area (Å²) < 4.78 is 44.5.